The van der Waals surface area contributed by atoms with Crippen molar-refractivity contribution in [1.82, 2.24) is 21.2 Å². The Hall–Kier alpha value is -2.40. The number of carbonyl (C=O) groups excluding carboxylic acids is 4. The lowest BCUT2D eigenvalue weighted by Crippen LogP contribution is -2.62. The number of hydrogen-bond donors (Lipinski definition) is 5. The predicted molar refractivity (Wildman–Crippen MR) is 110 cm³/mol. The molecule has 0 aliphatic heterocycles. The van der Waals surface area contributed by atoms with Crippen LogP contribution in [-0.2, 0) is 19.1 Å². The van der Waals surface area contributed by atoms with E-state index >= 15 is 0 Å². The van der Waals surface area contributed by atoms with E-state index in [-0.39, 0.29) is 18.3 Å². The standard InChI is InChI=1S/C19H37N5O6/c1-10(2)9-13(15(25)23-29)24(22-18(28)30-19(6,7)8)17(27)12(5)21-16(26)14(20)11(3)4/h10-14,29H,9,20H2,1-8H3,(H,21,26)(H,22,28)(H,23,25)/t12-,13-,14-/m0/s1. The van der Waals surface area contributed by atoms with Gasteiger partial charge in [-0.05, 0) is 46.0 Å². The van der Waals surface area contributed by atoms with Crippen molar-refractivity contribution in [1.29, 1.82) is 0 Å². The summed E-state index contributed by atoms with van der Waals surface area (Å²) in [6, 6.07) is -3.19. The lowest BCUT2D eigenvalue weighted by atomic mass is 10.0. The van der Waals surface area contributed by atoms with Gasteiger partial charge in [-0.1, -0.05) is 27.7 Å². The lowest BCUT2D eigenvalue weighted by molar-refractivity contribution is -0.150. The van der Waals surface area contributed by atoms with E-state index in [4.69, 9.17) is 15.7 Å². The maximum Gasteiger partial charge on any atom is 0.426 e. The topological polar surface area (TPSA) is 163 Å². The van der Waals surface area contributed by atoms with E-state index in [1.807, 2.05) is 0 Å². The van der Waals surface area contributed by atoms with Crippen LogP contribution < -0.4 is 22.0 Å². The van der Waals surface area contributed by atoms with Crippen LogP contribution in [0.4, 0.5) is 4.79 Å². The predicted octanol–water partition coefficient (Wildman–Crippen LogP) is 0.663. The van der Waals surface area contributed by atoms with Gasteiger partial charge in [0.25, 0.3) is 11.8 Å². The van der Waals surface area contributed by atoms with E-state index in [0.717, 1.165) is 5.01 Å². The molecule has 0 aliphatic carbocycles. The molecule has 0 spiro atoms. The van der Waals surface area contributed by atoms with Gasteiger partial charge in [0.05, 0.1) is 6.04 Å². The largest absolute Gasteiger partial charge is 0.443 e. The number of nitrogens with zero attached hydrogens (tertiary/aromatic N) is 1. The molecule has 0 aromatic heterocycles. The van der Waals surface area contributed by atoms with Crippen molar-refractivity contribution in [2.45, 2.75) is 85.5 Å². The van der Waals surface area contributed by atoms with Gasteiger partial charge in [0.2, 0.25) is 5.91 Å². The first-order valence-electron chi connectivity index (χ1n) is 9.93. The van der Waals surface area contributed by atoms with Gasteiger partial charge in [0.1, 0.15) is 17.7 Å². The van der Waals surface area contributed by atoms with Gasteiger partial charge in [-0.3, -0.25) is 19.6 Å². The molecule has 174 valence electrons. The molecule has 0 radical (unpaired) electrons. The molecule has 0 rings (SSSR count). The minimum atomic E-state index is -1.24. The second-order valence-electron chi connectivity index (χ2n) is 8.94. The van der Waals surface area contributed by atoms with Crippen molar-refractivity contribution in [3.8, 4) is 0 Å². The van der Waals surface area contributed by atoms with Gasteiger partial charge in [-0.15, -0.1) is 0 Å². The quantitative estimate of drug-likeness (QED) is 0.278. The summed E-state index contributed by atoms with van der Waals surface area (Å²) in [7, 11) is 0. The van der Waals surface area contributed by atoms with Crippen LogP contribution in [0.5, 0.6) is 0 Å². The summed E-state index contributed by atoms with van der Waals surface area (Å²) < 4.78 is 5.17. The molecule has 3 atom stereocenters. The van der Waals surface area contributed by atoms with E-state index in [0.29, 0.717) is 0 Å². The van der Waals surface area contributed by atoms with Crippen LogP contribution in [0.15, 0.2) is 0 Å². The number of amides is 4. The molecule has 0 heterocycles. The smallest absolute Gasteiger partial charge is 0.426 e. The highest BCUT2D eigenvalue weighted by Crippen LogP contribution is 2.14. The Morgan fingerprint density at radius 1 is 1.03 bits per heavy atom. The molecule has 0 aromatic rings. The van der Waals surface area contributed by atoms with Gasteiger partial charge >= 0.3 is 6.09 Å². The minimum absolute atomic E-state index is 0.0673. The molecule has 0 fully saturated rings. The third-order valence-corrected chi connectivity index (χ3v) is 4.02. The molecule has 11 nitrogen and oxygen atoms in total. The summed E-state index contributed by atoms with van der Waals surface area (Å²) in [5.41, 5.74) is 8.73. The Morgan fingerprint density at radius 2 is 1.57 bits per heavy atom. The molecule has 6 N–H and O–H groups in total. The number of hydrazine groups is 1. The highest BCUT2D eigenvalue weighted by Gasteiger charge is 2.36. The van der Waals surface area contributed by atoms with E-state index in [2.05, 4.69) is 10.7 Å². The van der Waals surface area contributed by atoms with E-state index in [9.17, 15) is 19.2 Å². The Labute approximate surface area is 178 Å². The van der Waals surface area contributed by atoms with Gasteiger partial charge in [-0.25, -0.2) is 20.7 Å². The van der Waals surface area contributed by atoms with Gasteiger partial charge in [-0.2, -0.15) is 0 Å². The summed E-state index contributed by atoms with van der Waals surface area (Å²) in [6.45, 7) is 13.5. The molecular weight excluding hydrogens is 394 g/mol. The summed E-state index contributed by atoms with van der Waals surface area (Å²) >= 11 is 0. The summed E-state index contributed by atoms with van der Waals surface area (Å²) in [4.78, 5) is 49.8. The Kier molecular flexibility index (Phi) is 10.8. The van der Waals surface area contributed by atoms with Crippen molar-refractivity contribution < 1.29 is 29.1 Å². The number of rotatable bonds is 8. The third-order valence-electron chi connectivity index (χ3n) is 4.02. The summed E-state index contributed by atoms with van der Waals surface area (Å²) in [5.74, 6) is -2.44. The summed E-state index contributed by atoms with van der Waals surface area (Å²) in [6.07, 6.45) is -0.840. The van der Waals surface area contributed by atoms with Gasteiger partial charge in [0.15, 0.2) is 0 Å². The molecule has 0 unspecified atom stereocenters. The van der Waals surface area contributed by atoms with Crippen LogP contribution in [-0.4, -0.2) is 57.8 Å². The maximum atomic E-state index is 13.1. The van der Waals surface area contributed by atoms with Crippen LogP contribution in [0.3, 0.4) is 0 Å². The zero-order chi connectivity index (χ0) is 23.8. The monoisotopic (exact) mass is 431 g/mol. The first-order valence-corrected chi connectivity index (χ1v) is 9.93. The van der Waals surface area contributed by atoms with Crippen molar-refractivity contribution >= 4 is 23.8 Å². The van der Waals surface area contributed by atoms with E-state index in [1.165, 1.54) is 12.4 Å². The van der Waals surface area contributed by atoms with Crippen molar-refractivity contribution in [3.63, 3.8) is 0 Å². The number of hydroxylamine groups is 1. The molecule has 0 saturated carbocycles. The maximum absolute atomic E-state index is 13.1. The normalized spacial score (nSPS) is 14.5. The Morgan fingerprint density at radius 3 is 1.97 bits per heavy atom. The first kappa shape index (κ1) is 27.6. The zero-order valence-electron chi connectivity index (χ0n) is 19.1. The third kappa shape index (κ3) is 9.40. The van der Waals surface area contributed by atoms with Crippen molar-refractivity contribution in [2.75, 3.05) is 0 Å². The average Bonchev–Trinajstić information content (AvgIpc) is 2.60. The van der Waals surface area contributed by atoms with E-state index in [1.54, 1.807) is 48.5 Å². The number of hydrogen-bond acceptors (Lipinski definition) is 7. The van der Waals surface area contributed by atoms with Gasteiger partial charge in [0, 0.05) is 0 Å². The SMILES string of the molecule is CC(C)C[C@@H](C(=O)NO)N(NC(=O)OC(C)(C)C)C(=O)[C@H](C)NC(=O)[C@@H](N)C(C)C. The highest BCUT2D eigenvalue weighted by atomic mass is 16.6. The molecule has 0 aliphatic rings. The van der Waals surface area contributed by atoms with Crippen molar-refractivity contribution in [3.05, 3.63) is 0 Å². The number of nitrogens with one attached hydrogen (secondary N) is 3. The highest BCUT2D eigenvalue weighted by molar-refractivity contribution is 5.93. The van der Waals surface area contributed by atoms with Crippen LogP contribution in [0.1, 0.15) is 61.8 Å². The fourth-order valence-electron chi connectivity index (χ4n) is 2.42. The molecule has 30 heavy (non-hydrogen) atoms. The fourth-order valence-corrected chi connectivity index (χ4v) is 2.42. The zero-order valence-corrected chi connectivity index (χ0v) is 19.1. The molecule has 11 heteroatoms. The number of ether oxygens (including phenoxy) is 1. The van der Waals surface area contributed by atoms with Crippen molar-refractivity contribution in [2.24, 2.45) is 17.6 Å². The number of carbonyl (C=O) groups is 4. The second-order valence-corrected chi connectivity index (χ2v) is 8.94. The molecular formula is C19H37N5O6. The first-order chi connectivity index (χ1) is 13.6. The Bertz CT molecular complexity index is 617. The molecule has 0 aromatic carbocycles. The molecule has 4 amide bonds. The minimum Gasteiger partial charge on any atom is -0.443 e. The van der Waals surface area contributed by atoms with Crippen LogP contribution in [0.25, 0.3) is 0 Å². The molecule has 0 bridgehead atoms. The Balaban J connectivity index is 5.77. The molecule has 0 saturated heterocycles. The lowest BCUT2D eigenvalue weighted by Gasteiger charge is -2.34. The average molecular weight is 432 g/mol. The van der Waals surface area contributed by atoms with E-state index < -0.39 is 47.5 Å². The second kappa shape index (κ2) is 11.7. The van der Waals surface area contributed by atoms with Crippen LogP contribution in [0.2, 0.25) is 0 Å². The number of nitrogens with two attached hydrogens (primary N) is 1. The van der Waals surface area contributed by atoms with Crippen LogP contribution >= 0.6 is 0 Å². The van der Waals surface area contributed by atoms with Crippen LogP contribution in [0, 0.1) is 11.8 Å². The van der Waals surface area contributed by atoms with Gasteiger partial charge < -0.3 is 15.8 Å². The summed E-state index contributed by atoms with van der Waals surface area (Å²) in [5, 5.41) is 12.4. The fraction of sp³-hybridized carbons (Fsp3) is 0.789.